The number of nitrogens with one attached hydrogen (secondary N) is 3. The fraction of sp³-hybridized carbons (Fsp3) is 0.727. The summed E-state index contributed by atoms with van der Waals surface area (Å²) in [6.45, 7) is 7.10. The monoisotopic (exact) mass is 515 g/mol. The van der Waals surface area contributed by atoms with Crippen LogP contribution in [0.1, 0.15) is 59.8 Å². The molecule has 0 rings (SSSR count). The summed E-state index contributed by atoms with van der Waals surface area (Å²) in [6.07, 6.45) is 0.193. The molecule has 14 heteroatoms. The molecule has 11 N–H and O–H groups in total. The molecule has 0 aliphatic carbocycles. The average molecular weight is 516 g/mol. The second-order valence-corrected chi connectivity index (χ2v) is 9.31. The first-order chi connectivity index (χ1) is 16.6. The summed E-state index contributed by atoms with van der Waals surface area (Å²) < 4.78 is 0. The van der Waals surface area contributed by atoms with Crippen LogP contribution >= 0.6 is 0 Å². The minimum atomic E-state index is -1.22. The second-order valence-electron chi connectivity index (χ2n) is 9.31. The summed E-state index contributed by atoms with van der Waals surface area (Å²) in [5.41, 5.74) is 16.4. The first-order valence-corrected chi connectivity index (χ1v) is 11.8. The Morgan fingerprint density at radius 3 is 1.86 bits per heavy atom. The second kappa shape index (κ2) is 16.3. The van der Waals surface area contributed by atoms with Gasteiger partial charge in [-0.2, -0.15) is 0 Å². The van der Waals surface area contributed by atoms with E-state index in [9.17, 15) is 29.1 Å². The normalized spacial score (nSPS) is 14.3. The third-order valence-corrected chi connectivity index (χ3v) is 5.15. The molecule has 3 amide bonds. The first-order valence-electron chi connectivity index (χ1n) is 11.8. The number of hydrogen-bond donors (Lipinski definition) is 8. The Labute approximate surface area is 210 Å². The summed E-state index contributed by atoms with van der Waals surface area (Å²) >= 11 is 0. The lowest BCUT2D eigenvalue weighted by molar-refractivity contribution is -0.143. The highest BCUT2D eigenvalue weighted by Crippen LogP contribution is 2.09. The lowest BCUT2D eigenvalue weighted by Gasteiger charge is -2.26. The van der Waals surface area contributed by atoms with Gasteiger partial charge < -0.3 is 43.4 Å². The number of aliphatic carboxylic acids is 2. The molecule has 0 saturated carbocycles. The molecule has 0 aromatic heterocycles. The quantitative estimate of drug-likeness (QED) is 0.0630. The maximum atomic E-state index is 13.1. The van der Waals surface area contributed by atoms with E-state index < -0.39 is 59.7 Å². The molecule has 14 nitrogen and oxygen atoms in total. The van der Waals surface area contributed by atoms with Crippen LogP contribution in [0.3, 0.4) is 0 Å². The highest BCUT2D eigenvalue weighted by atomic mass is 16.4. The van der Waals surface area contributed by atoms with E-state index in [0.717, 1.165) is 0 Å². The highest BCUT2D eigenvalue weighted by Gasteiger charge is 2.31. The largest absolute Gasteiger partial charge is 0.481 e. The molecule has 0 radical (unpaired) electrons. The zero-order valence-corrected chi connectivity index (χ0v) is 21.3. The van der Waals surface area contributed by atoms with Gasteiger partial charge in [0, 0.05) is 13.0 Å². The predicted molar refractivity (Wildman–Crippen MR) is 132 cm³/mol. The van der Waals surface area contributed by atoms with Gasteiger partial charge in [0.15, 0.2) is 5.96 Å². The van der Waals surface area contributed by atoms with Crippen molar-refractivity contribution >= 4 is 35.6 Å². The van der Waals surface area contributed by atoms with Crippen LogP contribution in [0, 0.1) is 11.8 Å². The highest BCUT2D eigenvalue weighted by molar-refractivity contribution is 5.94. The Balaban J connectivity index is 5.60. The number of hydrogen-bond acceptors (Lipinski definition) is 7. The van der Waals surface area contributed by atoms with E-state index >= 15 is 0 Å². The minimum Gasteiger partial charge on any atom is -0.481 e. The van der Waals surface area contributed by atoms with Gasteiger partial charge >= 0.3 is 11.9 Å². The number of carbonyl (C=O) groups is 5. The Morgan fingerprint density at radius 1 is 0.833 bits per heavy atom. The molecule has 0 aliphatic rings. The van der Waals surface area contributed by atoms with Crippen LogP contribution in [0.25, 0.3) is 0 Å². The average Bonchev–Trinajstić information content (AvgIpc) is 2.75. The number of aliphatic imine (C=N–C) groups is 1. The molecule has 36 heavy (non-hydrogen) atoms. The number of rotatable bonds is 17. The number of amides is 3. The van der Waals surface area contributed by atoms with Gasteiger partial charge in [-0.25, -0.2) is 4.79 Å². The van der Waals surface area contributed by atoms with E-state index in [4.69, 9.17) is 22.3 Å². The Kier molecular flexibility index (Phi) is 14.7. The van der Waals surface area contributed by atoms with E-state index in [1.54, 1.807) is 13.8 Å². The van der Waals surface area contributed by atoms with Crippen LogP contribution in [0.2, 0.25) is 0 Å². The summed E-state index contributed by atoms with van der Waals surface area (Å²) in [7, 11) is 0. The molecule has 0 spiro atoms. The van der Waals surface area contributed by atoms with E-state index in [2.05, 4.69) is 20.9 Å². The summed E-state index contributed by atoms with van der Waals surface area (Å²) in [6, 6.07) is -4.49. The SMILES string of the molecule is CC(C)CC(NC(=O)C(N)CCC(=O)O)C(=O)NC(CCCN=C(N)N)C(=O)NC(C(=O)O)C(C)C. The number of carbonyl (C=O) groups excluding carboxylic acids is 3. The molecule has 0 aromatic carbocycles. The van der Waals surface area contributed by atoms with Gasteiger partial charge in [0.25, 0.3) is 0 Å². The van der Waals surface area contributed by atoms with Gasteiger partial charge in [-0.05, 0) is 37.5 Å². The van der Waals surface area contributed by atoms with Crippen molar-refractivity contribution in [2.75, 3.05) is 6.54 Å². The van der Waals surface area contributed by atoms with Crippen molar-refractivity contribution in [3.05, 3.63) is 0 Å². The van der Waals surface area contributed by atoms with E-state index in [1.807, 2.05) is 13.8 Å². The van der Waals surface area contributed by atoms with Crippen molar-refractivity contribution in [1.82, 2.24) is 16.0 Å². The van der Waals surface area contributed by atoms with E-state index in [-0.39, 0.29) is 44.1 Å². The Hall–Kier alpha value is -3.42. The maximum absolute atomic E-state index is 13.1. The van der Waals surface area contributed by atoms with Crippen molar-refractivity contribution in [2.45, 2.75) is 84.0 Å². The molecule has 4 atom stereocenters. The van der Waals surface area contributed by atoms with Crippen LogP contribution in [0.15, 0.2) is 4.99 Å². The molecular formula is C22H41N7O7. The van der Waals surface area contributed by atoms with Gasteiger partial charge in [0.2, 0.25) is 17.7 Å². The molecule has 0 bridgehead atoms. The number of guanidine groups is 1. The van der Waals surface area contributed by atoms with Gasteiger partial charge in [0.05, 0.1) is 6.04 Å². The number of nitrogens with zero attached hydrogens (tertiary/aromatic N) is 1. The predicted octanol–water partition coefficient (Wildman–Crippen LogP) is -1.53. The number of carboxylic acid groups (broad SMARTS) is 2. The number of nitrogens with two attached hydrogens (primary N) is 3. The summed E-state index contributed by atoms with van der Waals surface area (Å²) in [4.78, 5) is 64.6. The zero-order valence-electron chi connectivity index (χ0n) is 21.3. The maximum Gasteiger partial charge on any atom is 0.326 e. The topological polar surface area (TPSA) is 252 Å². The van der Waals surface area contributed by atoms with Crippen LogP contribution in [0.4, 0.5) is 0 Å². The minimum absolute atomic E-state index is 0.0252. The molecule has 0 saturated heterocycles. The third-order valence-electron chi connectivity index (χ3n) is 5.15. The van der Waals surface area contributed by atoms with Crippen LogP contribution < -0.4 is 33.2 Å². The van der Waals surface area contributed by atoms with Crippen molar-refractivity contribution in [1.29, 1.82) is 0 Å². The third kappa shape index (κ3) is 13.5. The molecule has 206 valence electrons. The molecule has 0 aromatic rings. The Morgan fingerprint density at radius 2 is 1.39 bits per heavy atom. The smallest absolute Gasteiger partial charge is 0.326 e. The molecule has 0 fully saturated rings. The lowest BCUT2D eigenvalue weighted by Crippen LogP contribution is -2.57. The standard InChI is InChI=1S/C22H41N7O7/c1-11(2)10-15(28-18(32)13(23)7-8-16(30)31)20(34)27-14(6-5-9-26-22(24)25)19(33)29-17(12(3)4)21(35)36/h11-15,17H,5-10,23H2,1-4H3,(H,27,34)(H,28,32)(H,29,33)(H,30,31)(H,35,36)(H4,24,25,26). The summed E-state index contributed by atoms with van der Waals surface area (Å²) in [5.74, 6) is -4.97. The fourth-order valence-electron chi connectivity index (χ4n) is 3.20. The molecular weight excluding hydrogens is 474 g/mol. The molecule has 0 aliphatic heterocycles. The van der Waals surface area contributed by atoms with Gasteiger partial charge in [-0.15, -0.1) is 0 Å². The van der Waals surface area contributed by atoms with E-state index in [0.29, 0.717) is 6.42 Å². The van der Waals surface area contributed by atoms with Crippen LogP contribution in [0.5, 0.6) is 0 Å². The fourth-order valence-corrected chi connectivity index (χ4v) is 3.20. The Bertz CT molecular complexity index is 798. The first kappa shape index (κ1) is 32.6. The van der Waals surface area contributed by atoms with Crippen molar-refractivity contribution in [2.24, 2.45) is 34.0 Å². The number of carboxylic acids is 2. The van der Waals surface area contributed by atoms with Crippen molar-refractivity contribution in [3.8, 4) is 0 Å². The molecule has 4 unspecified atom stereocenters. The van der Waals surface area contributed by atoms with Crippen LogP contribution in [-0.2, 0) is 24.0 Å². The lowest BCUT2D eigenvalue weighted by atomic mass is 10.0. The van der Waals surface area contributed by atoms with Crippen molar-refractivity contribution < 1.29 is 34.2 Å². The van der Waals surface area contributed by atoms with Gasteiger partial charge in [-0.1, -0.05) is 27.7 Å². The van der Waals surface area contributed by atoms with Crippen molar-refractivity contribution in [3.63, 3.8) is 0 Å². The van der Waals surface area contributed by atoms with Gasteiger partial charge in [0.1, 0.15) is 18.1 Å². The van der Waals surface area contributed by atoms with Crippen LogP contribution in [-0.4, -0.2) is 76.5 Å². The molecule has 0 heterocycles. The zero-order chi connectivity index (χ0) is 28.0. The summed E-state index contributed by atoms with van der Waals surface area (Å²) in [5, 5.41) is 25.7. The van der Waals surface area contributed by atoms with Gasteiger partial charge in [-0.3, -0.25) is 24.2 Å². The van der Waals surface area contributed by atoms with E-state index in [1.165, 1.54) is 0 Å².